The van der Waals surface area contributed by atoms with Gasteiger partial charge in [-0.2, -0.15) is 5.10 Å². The van der Waals surface area contributed by atoms with E-state index in [0.717, 1.165) is 27.1 Å². The molecule has 2 amide bonds. The second-order valence-electron chi connectivity index (χ2n) is 10.1. The second kappa shape index (κ2) is 13.9. The van der Waals surface area contributed by atoms with Crippen molar-refractivity contribution in [2.75, 3.05) is 11.9 Å². The highest BCUT2D eigenvalue weighted by Crippen LogP contribution is 2.23. The van der Waals surface area contributed by atoms with Crippen molar-refractivity contribution < 1.29 is 23.5 Å². The lowest BCUT2D eigenvalue weighted by atomic mass is 10.2. The van der Waals surface area contributed by atoms with Gasteiger partial charge < -0.3 is 23.8 Å². The molecule has 5 aromatic rings. The van der Waals surface area contributed by atoms with E-state index in [2.05, 4.69) is 62.3 Å². The highest BCUT2D eigenvalue weighted by Gasteiger charge is 2.12. The van der Waals surface area contributed by atoms with Gasteiger partial charge in [-0.1, -0.05) is 33.6 Å². The lowest BCUT2D eigenvalue weighted by Crippen LogP contribution is -2.20. The standard InChI is InChI=1S/C34H31BrN4O5/c1-22-4-9-27(10-5-22)37-33(40)21-43-31-16-8-26(35)18-25(31)19-36-38-34(41)32-17-15-30(44-32)20-42-29-13-11-28(12-14-29)39-23(2)6-7-24(39)3/h4-19H,20-21H2,1-3H3,(H,37,40)(H,38,41)/b36-19+. The van der Waals surface area contributed by atoms with Crippen LogP contribution in [0.15, 0.2) is 105 Å². The molecular formula is C34H31BrN4O5. The number of halogens is 1. The number of aryl methyl sites for hydroxylation is 3. The van der Waals surface area contributed by atoms with Crippen LogP contribution in [0.2, 0.25) is 0 Å². The fraction of sp³-hybridized carbons (Fsp3) is 0.147. The molecule has 0 spiro atoms. The average molecular weight is 656 g/mol. The van der Waals surface area contributed by atoms with E-state index >= 15 is 0 Å². The molecule has 0 saturated heterocycles. The van der Waals surface area contributed by atoms with E-state index in [1.165, 1.54) is 6.21 Å². The van der Waals surface area contributed by atoms with Gasteiger partial charge in [0, 0.05) is 32.8 Å². The summed E-state index contributed by atoms with van der Waals surface area (Å²) in [5, 5.41) is 6.84. The number of hydrogen-bond acceptors (Lipinski definition) is 6. The molecule has 0 atom stereocenters. The number of carbonyl (C=O) groups excluding carboxylic acids is 2. The van der Waals surface area contributed by atoms with Crippen molar-refractivity contribution in [2.45, 2.75) is 27.4 Å². The van der Waals surface area contributed by atoms with Crippen LogP contribution in [0.4, 0.5) is 5.69 Å². The Morgan fingerprint density at radius 1 is 0.886 bits per heavy atom. The van der Waals surface area contributed by atoms with Crippen molar-refractivity contribution in [1.82, 2.24) is 9.99 Å². The van der Waals surface area contributed by atoms with Crippen LogP contribution in [0, 0.1) is 20.8 Å². The van der Waals surface area contributed by atoms with Gasteiger partial charge in [-0.05, 0) is 99.6 Å². The third kappa shape index (κ3) is 7.84. The SMILES string of the molecule is Cc1ccc(NC(=O)COc2ccc(Br)cc2/C=N/NC(=O)c2ccc(COc3ccc(-n4c(C)ccc4C)cc3)o2)cc1. The van der Waals surface area contributed by atoms with Crippen LogP contribution >= 0.6 is 15.9 Å². The van der Waals surface area contributed by atoms with Gasteiger partial charge in [-0.3, -0.25) is 9.59 Å². The minimum atomic E-state index is -0.524. The van der Waals surface area contributed by atoms with Gasteiger partial charge in [0.05, 0.1) is 6.21 Å². The molecule has 0 bridgehead atoms. The molecule has 0 saturated carbocycles. The Kier molecular flexibility index (Phi) is 9.61. The summed E-state index contributed by atoms with van der Waals surface area (Å²) < 4.78 is 20.2. The van der Waals surface area contributed by atoms with E-state index in [1.807, 2.05) is 55.5 Å². The zero-order valence-corrected chi connectivity index (χ0v) is 26.1. The summed E-state index contributed by atoms with van der Waals surface area (Å²) in [5.41, 5.74) is 8.17. The lowest BCUT2D eigenvalue weighted by molar-refractivity contribution is -0.118. The van der Waals surface area contributed by atoms with Gasteiger partial charge in [0.25, 0.3) is 5.91 Å². The molecule has 0 radical (unpaired) electrons. The quantitative estimate of drug-likeness (QED) is 0.116. The molecule has 224 valence electrons. The van der Waals surface area contributed by atoms with E-state index in [4.69, 9.17) is 13.9 Å². The van der Waals surface area contributed by atoms with Crippen LogP contribution in [0.3, 0.4) is 0 Å². The first-order chi connectivity index (χ1) is 21.2. The number of ether oxygens (including phenoxy) is 2. The molecule has 3 aromatic carbocycles. The van der Waals surface area contributed by atoms with Crippen LogP contribution in [0.5, 0.6) is 11.5 Å². The molecule has 2 heterocycles. The summed E-state index contributed by atoms with van der Waals surface area (Å²) in [6.45, 7) is 6.07. The number of rotatable bonds is 11. The predicted octanol–water partition coefficient (Wildman–Crippen LogP) is 7.12. The first kappa shape index (κ1) is 30.4. The van der Waals surface area contributed by atoms with Crippen LogP contribution in [-0.4, -0.2) is 29.2 Å². The fourth-order valence-electron chi connectivity index (χ4n) is 4.44. The number of amides is 2. The van der Waals surface area contributed by atoms with E-state index in [0.29, 0.717) is 28.5 Å². The van der Waals surface area contributed by atoms with Gasteiger partial charge in [-0.15, -0.1) is 0 Å². The number of carbonyl (C=O) groups is 2. The maximum absolute atomic E-state index is 12.6. The number of nitrogens with zero attached hydrogens (tertiary/aromatic N) is 2. The third-order valence-electron chi connectivity index (χ3n) is 6.67. The Morgan fingerprint density at radius 2 is 1.61 bits per heavy atom. The number of hydrogen-bond donors (Lipinski definition) is 2. The molecule has 0 aliphatic rings. The molecule has 2 aromatic heterocycles. The van der Waals surface area contributed by atoms with Crippen molar-refractivity contribution in [1.29, 1.82) is 0 Å². The summed E-state index contributed by atoms with van der Waals surface area (Å²) >= 11 is 3.42. The molecular weight excluding hydrogens is 624 g/mol. The van der Waals surface area contributed by atoms with Crippen molar-refractivity contribution in [3.05, 3.63) is 130 Å². The van der Waals surface area contributed by atoms with Gasteiger partial charge in [-0.25, -0.2) is 5.43 Å². The maximum atomic E-state index is 12.6. The number of benzene rings is 3. The van der Waals surface area contributed by atoms with E-state index in [9.17, 15) is 9.59 Å². The summed E-state index contributed by atoms with van der Waals surface area (Å²) in [5.74, 6) is 0.867. The van der Waals surface area contributed by atoms with Crippen molar-refractivity contribution >= 4 is 39.6 Å². The minimum Gasteiger partial charge on any atom is -0.486 e. The number of hydrazone groups is 1. The van der Waals surface area contributed by atoms with Gasteiger partial charge in [0.2, 0.25) is 0 Å². The van der Waals surface area contributed by atoms with Crippen LogP contribution in [0.25, 0.3) is 5.69 Å². The van der Waals surface area contributed by atoms with Crippen molar-refractivity contribution in [3.63, 3.8) is 0 Å². The lowest BCUT2D eigenvalue weighted by Gasteiger charge is -2.10. The number of nitrogens with one attached hydrogen (secondary N) is 2. The fourth-order valence-corrected chi connectivity index (χ4v) is 4.82. The monoisotopic (exact) mass is 654 g/mol. The molecule has 44 heavy (non-hydrogen) atoms. The third-order valence-corrected chi connectivity index (χ3v) is 7.16. The van der Waals surface area contributed by atoms with Gasteiger partial charge in [0.15, 0.2) is 12.4 Å². The smallest absolute Gasteiger partial charge is 0.307 e. The zero-order valence-electron chi connectivity index (χ0n) is 24.5. The van der Waals surface area contributed by atoms with Crippen LogP contribution in [-0.2, 0) is 11.4 Å². The predicted molar refractivity (Wildman–Crippen MR) is 173 cm³/mol. The van der Waals surface area contributed by atoms with E-state index in [1.54, 1.807) is 30.3 Å². The highest BCUT2D eigenvalue weighted by atomic mass is 79.9. The van der Waals surface area contributed by atoms with E-state index in [-0.39, 0.29) is 24.9 Å². The second-order valence-corrected chi connectivity index (χ2v) is 11.0. The first-order valence-corrected chi connectivity index (χ1v) is 14.6. The highest BCUT2D eigenvalue weighted by molar-refractivity contribution is 9.10. The van der Waals surface area contributed by atoms with Crippen LogP contribution < -0.4 is 20.2 Å². The Morgan fingerprint density at radius 3 is 2.34 bits per heavy atom. The van der Waals surface area contributed by atoms with E-state index < -0.39 is 5.91 Å². The normalized spacial score (nSPS) is 11.0. The van der Waals surface area contributed by atoms with Gasteiger partial charge in [0.1, 0.15) is 23.9 Å². The summed E-state index contributed by atoms with van der Waals surface area (Å²) in [4.78, 5) is 25.0. The number of furan rings is 1. The first-order valence-electron chi connectivity index (χ1n) is 13.8. The van der Waals surface area contributed by atoms with Gasteiger partial charge >= 0.3 is 5.91 Å². The molecule has 2 N–H and O–H groups in total. The minimum absolute atomic E-state index is 0.0909. The number of aromatic nitrogens is 1. The Balaban J connectivity index is 1.13. The van der Waals surface area contributed by atoms with Crippen molar-refractivity contribution in [2.24, 2.45) is 5.10 Å². The summed E-state index contributed by atoms with van der Waals surface area (Å²) in [7, 11) is 0. The zero-order chi connectivity index (χ0) is 31.1. The molecule has 5 rings (SSSR count). The Bertz CT molecular complexity index is 1770. The topological polar surface area (TPSA) is 107 Å². The largest absolute Gasteiger partial charge is 0.486 e. The number of anilines is 1. The summed E-state index contributed by atoms with van der Waals surface area (Å²) in [6, 6.07) is 27.9. The molecule has 10 heteroatoms. The summed E-state index contributed by atoms with van der Waals surface area (Å²) in [6.07, 6.45) is 1.43. The molecule has 9 nitrogen and oxygen atoms in total. The molecule has 0 aliphatic carbocycles. The molecule has 0 unspecified atom stereocenters. The van der Waals surface area contributed by atoms with Crippen LogP contribution in [0.1, 0.15) is 38.8 Å². The average Bonchev–Trinajstić information content (AvgIpc) is 3.63. The molecule has 0 fully saturated rings. The maximum Gasteiger partial charge on any atom is 0.307 e. The van der Waals surface area contributed by atoms with Crippen molar-refractivity contribution in [3.8, 4) is 17.2 Å². The Labute approximate surface area is 263 Å². The Hall–Kier alpha value is -5.09. The molecule has 0 aliphatic heterocycles.